The van der Waals surface area contributed by atoms with Crippen LogP contribution in [0.15, 0.2) is 41.0 Å². The minimum Gasteiger partial charge on any atom is -0.398 e. The molecule has 0 atom stereocenters. The Balaban J connectivity index is 2.73. The van der Waals surface area contributed by atoms with Gasteiger partial charge in [-0.3, -0.25) is 4.79 Å². The van der Waals surface area contributed by atoms with Crippen LogP contribution in [0.3, 0.4) is 0 Å². The van der Waals surface area contributed by atoms with Crippen LogP contribution in [-0.2, 0) is 6.42 Å². The maximum Gasteiger partial charge on any atom is 0.248 e. The molecule has 1 aromatic carbocycles. The molecule has 4 nitrogen and oxygen atoms in total. The third-order valence-electron chi connectivity index (χ3n) is 3.82. The summed E-state index contributed by atoms with van der Waals surface area (Å²) >= 11 is 0. The average Bonchev–Trinajstić information content (AvgIpc) is 2.46. The maximum atomic E-state index is 11.2. The standard InChI is InChI=1S/C18H26N2O2/c1-12(2)16(11-21)7-5-13(3)4-6-14-10-15(18(20)22)8-9-17(14)19/h4,8-10,21H,5-7,11,19H2,1-3H3,(H2,20,22)/b13-4+. The van der Waals surface area contributed by atoms with Crippen LogP contribution in [0.4, 0.5) is 5.69 Å². The first-order valence-corrected chi connectivity index (χ1v) is 7.45. The predicted molar refractivity (Wildman–Crippen MR) is 91.5 cm³/mol. The van der Waals surface area contributed by atoms with E-state index < -0.39 is 5.91 Å². The Morgan fingerprint density at radius 1 is 1.23 bits per heavy atom. The molecule has 1 aromatic rings. The molecular formula is C18H26N2O2. The van der Waals surface area contributed by atoms with Crippen LogP contribution in [0.5, 0.6) is 0 Å². The number of carbonyl (C=O) groups is 1. The fraction of sp³-hybridized carbons (Fsp3) is 0.389. The number of rotatable bonds is 7. The lowest BCUT2D eigenvalue weighted by molar-refractivity contribution is 0.1000. The van der Waals surface area contributed by atoms with Crippen molar-refractivity contribution in [2.75, 3.05) is 12.3 Å². The molecule has 0 aliphatic heterocycles. The molecule has 0 unspecified atom stereocenters. The zero-order valence-corrected chi connectivity index (χ0v) is 13.6. The Morgan fingerprint density at radius 3 is 2.45 bits per heavy atom. The summed E-state index contributed by atoms with van der Waals surface area (Å²) in [7, 11) is 0. The van der Waals surface area contributed by atoms with Crippen molar-refractivity contribution < 1.29 is 9.90 Å². The summed E-state index contributed by atoms with van der Waals surface area (Å²) < 4.78 is 0. The van der Waals surface area contributed by atoms with Crippen molar-refractivity contribution in [3.8, 4) is 0 Å². The second-order valence-corrected chi connectivity index (χ2v) is 5.79. The van der Waals surface area contributed by atoms with E-state index in [0.29, 0.717) is 17.7 Å². The first-order chi connectivity index (χ1) is 10.3. The highest BCUT2D eigenvalue weighted by molar-refractivity contribution is 5.93. The molecule has 5 N–H and O–H groups in total. The zero-order valence-electron chi connectivity index (χ0n) is 13.6. The lowest BCUT2D eigenvalue weighted by Crippen LogP contribution is -2.11. The average molecular weight is 302 g/mol. The van der Waals surface area contributed by atoms with E-state index in [9.17, 15) is 9.90 Å². The lowest BCUT2D eigenvalue weighted by atomic mass is 10.00. The molecular weight excluding hydrogens is 276 g/mol. The molecule has 0 aliphatic rings. The van der Waals surface area contributed by atoms with E-state index in [1.807, 2.05) is 13.8 Å². The molecule has 0 spiro atoms. The van der Waals surface area contributed by atoms with E-state index in [4.69, 9.17) is 11.5 Å². The van der Waals surface area contributed by atoms with Crippen LogP contribution in [-0.4, -0.2) is 17.6 Å². The summed E-state index contributed by atoms with van der Waals surface area (Å²) in [6.07, 6.45) is 4.53. The van der Waals surface area contributed by atoms with Crippen molar-refractivity contribution in [1.82, 2.24) is 0 Å². The van der Waals surface area contributed by atoms with Crippen LogP contribution >= 0.6 is 0 Å². The molecule has 0 bridgehead atoms. The Labute approximate surface area is 132 Å². The third kappa shape index (κ3) is 5.37. The quantitative estimate of drug-likeness (QED) is 0.534. The van der Waals surface area contributed by atoms with Crippen molar-refractivity contribution in [3.05, 3.63) is 52.1 Å². The Bertz CT molecular complexity index is 597. The Kier molecular flexibility index (Phi) is 6.86. The first kappa shape index (κ1) is 18.0. The molecule has 4 heteroatoms. The molecule has 0 fully saturated rings. The number of primary amides is 1. The molecule has 0 aromatic heterocycles. The smallest absolute Gasteiger partial charge is 0.248 e. The summed E-state index contributed by atoms with van der Waals surface area (Å²) in [5, 5.41) is 9.30. The Morgan fingerprint density at radius 2 is 1.91 bits per heavy atom. The van der Waals surface area contributed by atoms with E-state index in [1.54, 1.807) is 18.2 Å². The number of hydrogen-bond acceptors (Lipinski definition) is 3. The molecule has 120 valence electrons. The highest BCUT2D eigenvalue weighted by Gasteiger charge is 2.05. The number of carbonyl (C=O) groups excluding carboxylic acids is 1. The van der Waals surface area contributed by atoms with Gasteiger partial charge in [0.25, 0.3) is 0 Å². The van der Waals surface area contributed by atoms with Crippen molar-refractivity contribution in [2.24, 2.45) is 5.73 Å². The molecule has 1 rings (SSSR count). The summed E-state index contributed by atoms with van der Waals surface area (Å²) in [4.78, 5) is 11.2. The summed E-state index contributed by atoms with van der Waals surface area (Å²) in [5.41, 5.74) is 16.8. The van der Waals surface area contributed by atoms with Gasteiger partial charge in [0.05, 0.1) is 6.61 Å². The van der Waals surface area contributed by atoms with Gasteiger partial charge in [-0.2, -0.15) is 0 Å². The Hall–Kier alpha value is -2.07. The van der Waals surface area contributed by atoms with Crippen LogP contribution in [0.1, 0.15) is 49.5 Å². The SMILES string of the molecule is CC(C)=C(CO)CC/C(C)=C/Cc1cc(C(N)=O)ccc1N. The van der Waals surface area contributed by atoms with Gasteiger partial charge in [0.1, 0.15) is 0 Å². The van der Waals surface area contributed by atoms with Crippen LogP contribution in [0.25, 0.3) is 0 Å². The van der Waals surface area contributed by atoms with E-state index in [1.165, 1.54) is 11.1 Å². The van der Waals surface area contributed by atoms with Gasteiger partial charge in [-0.15, -0.1) is 0 Å². The first-order valence-electron chi connectivity index (χ1n) is 7.45. The second kappa shape index (κ2) is 8.39. The number of allylic oxidation sites excluding steroid dienone is 3. The molecule has 0 saturated heterocycles. The van der Waals surface area contributed by atoms with E-state index in [-0.39, 0.29) is 6.61 Å². The van der Waals surface area contributed by atoms with Crippen molar-refractivity contribution in [1.29, 1.82) is 0 Å². The molecule has 22 heavy (non-hydrogen) atoms. The summed E-state index contributed by atoms with van der Waals surface area (Å²) in [5.74, 6) is -0.446. The van der Waals surface area contributed by atoms with Crippen LogP contribution in [0.2, 0.25) is 0 Å². The summed E-state index contributed by atoms with van der Waals surface area (Å²) in [6, 6.07) is 5.10. The van der Waals surface area contributed by atoms with Gasteiger partial charge in [-0.25, -0.2) is 0 Å². The van der Waals surface area contributed by atoms with Gasteiger partial charge in [0.2, 0.25) is 5.91 Å². The third-order valence-corrected chi connectivity index (χ3v) is 3.82. The number of nitrogens with two attached hydrogens (primary N) is 2. The number of aliphatic hydroxyl groups is 1. The van der Waals surface area contributed by atoms with Gasteiger partial charge in [-0.05, 0) is 69.4 Å². The topological polar surface area (TPSA) is 89.3 Å². The minimum atomic E-state index is -0.446. The predicted octanol–water partition coefficient (Wildman–Crippen LogP) is 2.97. The van der Waals surface area contributed by atoms with Crippen molar-refractivity contribution in [3.63, 3.8) is 0 Å². The number of aliphatic hydroxyl groups excluding tert-OH is 1. The van der Waals surface area contributed by atoms with E-state index >= 15 is 0 Å². The largest absolute Gasteiger partial charge is 0.398 e. The summed E-state index contributed by atoms with van der Waals surface area (Å²) in [6.45, 7) is 6.21. The molecule has 0 radical (unpaired) electrons. The normalized spacial score (nSPS) is 11.4. The van der Waals surface area contributed by atoms with Crippen LogP contribution < -0.4 is 11.5 Å². The fourth-order valence-electron chi connectivity index (χ4n) is 2.16. The van der Waals surface area contributed by atoms with E-state index in [0.717, 1.165) is 24.0 Å². The molecule has 0 heterocycles. The van der Waals surface area contributed by atoms with Gasteiger partial charge < -0.3 is 16.6 Å². The number of hydrogen-bond donors (Lipinski definition) is 3. The van der Waals surface area contributed by atoms with Gasteiger partial charge in [0, 0.05) is 11.3 Å². The fourth-order valence-corrected chi connectivity index (χ4v) is 2.16. The minimum absolute atomic E-state index is 0.114. The monoisotopic (exact) mass is 302 g/mol. The van der Waals surface area contributed by atoms with Crippen molar-refractivity contribution in [2.45, 2.75) is 40.0 Å². The lowest BCUT2D eigenvalue weighted by Gasteiger charge is -2.08. The number of benzene rings is 1. The molecule has 0 saturated carbocycles. The van der Waals surface area contributed by atoms with Gasteiger partial charge in [-0.1, -0.05) is 17.2 Å². The molecule has 0 aliphatic carbocycles. The number of nitrogen functional groups attached to an aromatic ring is 1. The van der Waals surface area contributed by atoms with E-state index in [2.05, 4.69) is 13.0 Å². The van der Waals surface area contributed by atoms with Crippen molar-refractivity contribution >= 4 is 11.6 Å². The number of amides is 1. The zero-order chi connectivity index (χ0) is 16.7. The van der Waals surface area contributed by atoms with Crippen LogP contribution in [0, 0.1) is 0 Å². The maximum absolute atomic E-state index is 11.2. The van der Waals surface area contributed by atoms with Gasteiger partial charge in [0.15, 0.2) is 0 Å². The highest BCUT2D eigenvalue weighted by atomic mass is 16.3. The highest BCUT2D eigenvalue weighted by Crippen LogP contribution is 2.18. The van der Waals surface area contributed by atoms with Gasteiger partial charge >= 0.3 is 0 Å². The molecule has 1 amide bonds. The number of anilines is 1. The second-order valence-electron chi connectivity index (χ2n) is 5.79.